The van der Waals surface area contributed by atoms with Crippen LogP contribution in [0, 0.1) is 17.0 Å². The number of anilines is 1. The maximum absolute atomic E-state index is 12.8. The fraction of sp³-hybridized carbons (Fsp3) is 0.0526. The fourth-order valence-electron chi connectivity index (χ4n) is 2.79. The van der Waals surface area contributed by atoms with Crippen molar-refractivity contribution in [2.75, 3.05) is 5.73 Å². The highest BCUT2D eigenvalue weighted by molar-refractivity contribution is 5.98. The number of nitrogen functional groups attached to an aromatic ring is 1. The molecule has 2 aromatic carbocycles. The molecule has 32 heavy (non-hydrogen) atoms. The lowest BCUT2D eigenvalue weighted by molar-refractivity contribution is -0.384. The molecule has 0 atom stereocenters. The number of nitrogens with zero attached hydrogens (tertiary/aromatic N) is 7. The molecular weight excluding hydrogens is 418 g/mol. The minimum Gasteiger partial charge on any atom is -0.378 e. The summed E-state index contributed by atoms with van der Waals surface area (Å²) in [5, 5.41) is 29.8. The van der Waals surface area contributed by atoms with Crippen molar-refractivity contribution in [2.45, 2.75) is 6.92 Å². The molecule has 2 heterocycles. The predicted molar refractivity (Wildman–Crippen MR) is 112 cm³/mol. The van der Waals surface area contributed by atoms with Crippen LogP contribution in [-0.2, 0) is 0 Å². The Hall–Kier alpha value is -4.94. The van der Waals surface area contributed by atoms with Crippen LogP contribution in [-0.4, -0.2) is 42.4 Å². The van der Waals surface area contributed by atoms with Gasteiger partial charge in [-0.25, -0.2) is 10.1 Å². The van der Waals surface area contributed by atoms with E-state index in [1.807, 2.05) is 19.1 Å². The highest BCUT2D eigenvalue weighted by atomic mass is 16.6. The average Bonchev–Trinajstić information content (AvgIpc) is 3.40. The van der Waals surface area contributed by atoms with Crippen LogP contribution in [0.25, 0.3) is 17.1 Å². The molecule has 0 bridgehead atoms. The topological polar surface area (TPSA) is 180 Å². The molecule has 1 amide bonds. The van der Waals surface area contributed by atoms with E-state index in [1.165, 1.54) is 35.2 Å². The largest absolute Gasteiger partial charge is 0.378 e. The van der Waals surface area contributed by atoms with E-state index in [0.29, 0.717) is 16.8 Å². The molecule has 0 spiro atoms. The van der Waals surface area contributed by atoms with E-state index >= 15 is 0 Å². The van der Waals surface area contributed by atoms with Crippen molar-refractivity contribution in [3.05, 3.63) is 75.5 Å². The van der Waals surface area contributed by atoms with Crippen molar-refractivity contribution >= 4 is 23.6 Å². The lowest BCUT2D eigenvalue weighted by Gasteiger charge is -2.06. The Balaban J connectivity index is 1.63. The van der Waals surface area contributed by atoms with Crippen molar-refractivity contribution in [3.8, 4) is 17.1 Å². The summed E-state index contributed by atoms with van der Waals surface area (Å²) < 4.78 is 5.89. The number of aromatic nitrogens is 5. The van der Waals surface area contributed by atoms with Gasteiger partial charge in [0.1, 0.15) is 5.69 Å². The Morgan fingerprint density at radius 2 is 1.91 bits per heavy atom. The number of carbonyl (C=O) groups excluding carboxylic acids is 1. The summed E-state index contributed by atoms with van der Waals surface area (Å²) in [6.45, 7) is 1.93. The molecule has 0 saturated heterocycles. The minimum atomic E-state index is -0.639. The zero-order valence-corrected chi connectivity index (χ0v) is 16.5. The van der Waals surface area contributed by atoms with Gasteiger partial charge in [-0.2, -0.15) is 9.78 Å². The molecule has 0 unspecified atom stereocenters. The van der Waals surface area contributed by atoms with Gasteiger partial charge in [0, 0.05) is 17.7 Å². The van der Waals surface area contributed by atoms with E-state index < -0.39 is 10.8 Å². The lowest BCUT2D eigenvalue weighted by atomic mass is 10.1. The number of nitro benzene ring substituents is 1. The Labute approximate surface area is 179 Å². The quantitative estimate of drug-likeness (QED) is 0.261. The molecule has 0 aliphatic heterocycles. The molecule has 13 nitrogen and oxygen atoms in total. The molecule has 0 saturated carbocycles. The Bertz CT molecular complexity index is 1310. The van der Waals surface area contributed by atoms with Crippen LogP contribution in [0.5, 0.6) is 0 Å². The summed E-state index contributed by atoms with van der Waals surface area (Å²) in [5.41, 5.74) is 10.6. The number of carbonyl (C=O) groups is 1. The number of nitrogens with one attached hydrogen (secondary N) is 1. The number of amides is 1. The molecule has 4 aromatic rings. The van der Waals surface area contributed by atoms with Gasteiger partial charge in [0.2, 0.25) is 11.6 Å². The van der Waals surface area contributed by atoms with Gasteiger partial charge < -0.3 is 5.73 Å². The SMILES string of the molecule is Cc1ccc(-c2c(C(=O)N/N=C/c3ccc([N+](=O)[O-])cc3)nnn2-c2nonc2N)cc1. The summed E-state index contributed by atoms with van der Waals surface area (Å²) in [5.74, 6) is -0.576. The van der Waals surface area contributed by atoms with Gasteiger partial charge in [-0.15, -0.1) is 5.10 Å². The van der Waals surface area contributed by atoms with Gasteiger partial charge in [-0.1, -0.05) is 35.0 Å². The number of hydrazone groups is 1. The molecule has 0 radical (unpaired) electrons. The van der Waals surface area contributed by atoms with Crippen molar-refractivity contribution < 1.29 is 14.3 Å². The number of hydrogen-bond acceptors (Lipinski definition) is 10. The average molecular weight is 433 g/mol. The monoisotopic (exact) mass is 433 g/mol. The van der Waals surface area contributed by atoms with Crippen molar-refractivity contribution in [1.82, 2.24) is 30.7 Å². The Morgan fingerprint density at radius 3 is 2.53 bits per heavy atom. The minimum absolute atomic E-state index is 0.0218. The maximum atomic E-state index is 12.8. The third kappa shape index (κ3) is 4.02. The predicted octanol–water partition coefficient (Wildman–Crippen LogP) is 1.88. The first-order valence-electron chi connectivity index (χ1n) is 9.13. The second-order valence-electron chi connectivity index (χ2n) is 6.59. The summed E-state index contributed by atoms with van der Waals surface area (Å²) in [6, 6.07) is 13.0. The van der Waals surface area contributed by atoms with Gasteiger partial charge in [-0.3, -0.25) is 14.9 Å². The lowest BCUT2D eigenvalue weighted by Crippen LogP contribution is -2.19. The Kier molecular flexibility index (Phi) is 5.36. The Morgan fingerprint density at radius 1 is 1.19 bits per heavy atom. The smallest absolute Gasteiger partial charge is 0.294 e. The second kappa shape index (κ2) is 8.43. The number of hydrogen-bond donors (Lipinski definition) is 2. The molecule has 2 aromatic heterocycles. The zero-order chi connectivity index (χ0) is 22.7. The second-order valence-corrected chi connectivity index (χ2v) is 6.59. The fourth-order valence-corrected chi connectivity index (χ4v) is 2.79. The number of rotatable bonds is 6. The highest BCUT2D eigenvalue weighted by Crippen LogP contribution is 2.26. The molecule has 4 rings (SSSR count). The van der Waals surface area contributed by atoms with E-state index in [-0.39, 0.29) is 23.0 Å². The normalized spacial score (nSPS) is 11.0. The molecule has 0 fully saturated rings. The standard InChI is InChI=1S/C19H15N9O4/c1-11-2-6-13(7-3-11)16-15(22-26-27(16)18-17(20)24-32-25-18)19(29)23-21-10-12-4-8-14(9-5-12)28(30)31/h2-10H,1H3,(H2,20,24)(H,23,29)/b21-10+. The first-order chi connectivity index (χ1) is 15.4. The molecule has 3 N–H and O–H groups in total. The molecular formula is C19H15N9O4. The first kappa shape index (κ1) is 20.3. The van der Waals surface area contributed by atoms with Crippen LogP contribution < -0.4 is 11.2 Å². The van der Waals surface area contributed by atoms with Gasteiger partial charge >= 0.3 is 0 Å². The van der Waals surface area contributed by atoms with Crippen LogP contribution in [0.3, 0.4) is 0 Å². The summed E-state index contributed by atoms with van der Waals surface area (Å²) in [4.78, 5) is 23.0. The van der Waals surface area contributed by atoms with E-state index in [9.17, 15) is 14.9 Å². The van der Waals surface area contributed by atoms with Crippen LogP contribution >= 0.6 is 0 Å². The van der Waals surface area contributed by atoms with E-state index in [2.05, 4.69) is 35.8 Å². The van der Waals surface area contributed by atoms with E-state index in [0.717, 1.165) is 5.56 Å². The molecule has 13 heteroatoms. The molecule has 0 aliphatic rings. The highest BCUT2D eigenvalue weighted by Gasteiger charge is 2.25. The first-order valence-corrected chi connectivity index (χ1v) is 9.13. The van der Waals surface area contributed by atoms with Crippen molar-refractivity contribution in [1.29, 1.82) is 0 Å². The molecule has 0 aliphatic carbocycles. The van der Waals surface area contributed by atoms with Crippen molar-refractivity contribution in [3.63, 3.8) is 0 Å². The third-order valence-corrected chi connectivity index (χ3v) is 4.39. The maximum Gasteiger partial charge on any atom is 0.294 e. The van der Waals surface area contributed by atoms with Gasteiger partial charge in [-0.05, 0) is 34.9 Å². The summed E-state index contributed by atoms with van der Waals surface area (Å²) >= 11 is 0. The summed E-state index contributed by atoms with van der Waals surface area (Å²) in [6.07, 6.45) is 1.34. The van der Waals surface area contributed by atoms with Crippen LogP contribution in [0.15, 0.2) is 58.3 Å². The number of nitro groups is 1. The summed E-state index contributed by atoms with van der Waals surface area (Å²) in [7, 11) is 0. The van der Waals surface area contributed by atoms with Gasteiger partial charge in [0.15, 0.2) is 5.69 Å². The zero-order valence-electron chi connectivity index (χ0n) is 16.5. The molecule has 160 valence electrons. The van der Waals surface area contributed by atoms with E-state index in [4.69, 9.17) is 5.73 Å². The van der Waals surface area contributed by atoms with Crippen LogP contribution in [0.1, 0.15) is 21.6 Å². The number of nitrogens with two attached hydrogens (primary N) is 1. The van der Waals surface area contributed by atoms with Crippen LogP contribution in [0.4, 0.5) is 11.5 Å². The van der Waals surface area contributed by atoms with Crippen molar-refractivity contribution in [2.24, 2.45) is 5.10 Å². The third-order valence-electron chi connectivity index (χ3n) is 4.39. The van der Waals surface area contributed by atoms with Gasteiger partial charge in [0.05, 0.1) is 11.1 Å². The van der Waals surface area contributed by atoms with E-state index in [1.54, 1.807) is 12.1 Å². The van der Waals surface area contributed by atoms with Crippen LogP contribution in [0.2, 0.25) is 0 Å². The number of benzene rings is 2. The number of non-ortho nitro benzene ring substituents is 1. The number of aryl methyl sites for hydroxylation is 1. The van der Waals surface area contributed by atoms with Gasteiger partial charge in [0.25, 0.3) is 11.6 Å².